The Hall–Kier alpha value is -3.71. The summed E-state index contributed by atoms with van der Waals surface area (Å²) in [6.07, 6.45) is 0. The van der Waals surface area contributed by atoms with E-state index in [0.717, 1.165) is 16.4 Å². The van der Waals surface area contributed by atoms with Crippen LogP contribution in [-0.4, -0.2) is 64.4 Å². The van der Waals surface area contributed by atoms with Crippen LogP contribution < -0.4 is 14.8 Å². The van der Waals surface area contributed by atoms with Gasteiger partial charge in [-0.05, 0) is 24.6 Å². The fourth-order valence-corrected chi connectivity index (χ4v) is 3.89. The molecule has 0 bridgehead atoms. The molecule has 0 spiro atoms. The lowest BCUT2D eigenvalue weighted by atomic mass is 10.1. The zero-order valence-electron chi connectivity index (χ0n) is 18.6. The summed E-state index contributed by atoms with van der Waals surface area (Å²) >= 11 is 0. The fourth-order valence-electron chi connectivity index (χ4n) is 2.74. The molecule has 178 valence electrons. The van der Waals surface area contributed by atoms with Crippen molar-refractivity contribution in [2.24, 2.45) is 0 Å². The molecule has 2 rings (SSSR count). The first-order valence-corrected chi connectivity index (χ1v) is 10.8. The first-order chi connectivity index (χ1) is 15.4. The van der Waals surface area contributed by atoms with Crippen molar-refractivity contribution < 1.29 is 37.1 Å². The summed E-state index contributed by atoms with van der Waals surface area (Å²) in [5.41, 5.74) is -0.372. The van der Waals surface area contributed by atoms with Crippen molar-refractivity contribution in [1.82, 2.24) is 4.31 Å². The van der Waals surface area contributed by atoms with Crippen molar-refractivity contribution in [3.05, 3.63) is 51.6 Å². The van der Waals surface area contributed by atoms with E-state index in [-0.39, 0.29) is 22.1 Å². The van der Waals surface area contributed by atoms with Gasteiger partial charge < -0.3 is 19.5 Å². The number of nitrogens with one attached hydrogen (secondary N) is 1. The molecule has 13 heteroatoms. The van der Waals surface area contributed by atoms with Gasteiger partial charge in [0.15, 0.2) is 18.1 Å². The monoisotopic (exact) mass is 481 g/mol. The number of rotatable bonds is 9. The number of nitrogens with zero attached hydrogens (tertiary/aromatic N) is 2. The Labute approximate surface area is 190 Å². The van der Waals surface area contributed by atoms with Gasteiger partial charge >= 0.3 is 5.97 Å². The van der Waals surface area contributed by atoms with Crippen molar-refractivity contribution in [2.45, 2.75) is 11.8 Å². The molecular weight excluding hydrogens is 458 g/mol. The van der Waals surface area contributed by atoms with Crippen molar-refractivity contribution in [1.29, 1.82) is 0 Å². The maximum absolute atomic E-state index is 12.4. The molecule has 0 aliphatic carbocycles. The maximum atomic E-state index is 12.4. The Morgan fingerprint density at radius 3 is 2.24 bits per heavy atom. The van der Waals surface area contributed by atoms with Crippen molar-refractivity contribution in [3.8, 4) is 11.5 Å². The number of aryl methyl sites for hydroxylation is 1. The highest BCUT2D eigenvalue weighted by molar-refractivity contribution is 7.89. The topological polar surface area (TPSA) is 154 Å². The molecule has 2 aromatic carbocycles. The van der Waals surface area contributed by atoms with E-state index in [9.17, 15) is 28.1 Å². The van der Waals surface area contributed by atoms with Gasteiger partial charge in [-0.1, -0.05) is 6.07 Å². The summed E-state index contributed by atoms with van der Waals surface area (Å²) in [7, 11) is 1.59. The minimum Gasteiger partial charge on any atom is -0.493 e. The van der Waals surface area contributed by atoms with Crippen LogP contribution in [0.25, 0.3) is 0 Å². The molecule has 0 radical (unpaired) electrons. The van der Waals surface area contributed by atoms with Crippen LogP contribution in [0.15, 0.2) is 35.2 Å². The van der Waals surface area contributed by atoms with E-state index in [1.807, 2.05) is 0 Å². The van der Waals surface area contributed by atoms with Gasteiger partial charge in [-0.25, -0.2) is 17.5 Å². The second-order valence-electron chi connectivity index (χ2n) is 6.87. The van der Waals surface area contributed by atoms with E-state index in [0.29, 0.717) is 5.56 Å². The van der Waals surface area contributed by atoms with E-state index < -0.39 is 44.7 Å². The summed E-state index contributed by atoms with van der Waals surface area (Å²) in [6, 6.07) is 6.38. The van der Waals surface area contributed by atoms with Gasteiger partial charge in [0, 0.05) is 25.8 Å². The smallest absolute Gasteiger partial charge is 0.345 e. The van der Waals surface area contributed by atoms with E-state index in [1.165, 1.54) is 46.5 Å². The molecule has 33 heavy (non-hydrogen) atoms. The predicted molar refractivity (Wildman–Crippen MR) is 117 cm³/mol. The molecule has 12 nitrogen and oxygen atoms in total. The normalized spacial score (nSPS) is 11.1. The van der Waals surface area contributed by atoms with Gasteiger partial charge in [-0.15, -0.1) is 0 Å². The summed E-state index contributed by atoms with van der Waals surface area (Å²) in [6.45, 7) is 0.841. The fraction of sp³-hybridized carbons (Fsp3) is 0.300. The second-order valence-corrected chi connectivity index (χ2v) is 8.99. The lowest BCUT2D eigenvalue weighted by molar-refractivity contribution is -0.385. The second kappa shape index (κ2) is 10.3. The quantitative estimate of drug-likeness (QED) is 0.321. The van der Waals surface area contributed by atoms with Crippen molar-refractivity contribution in [3.63, 3.8) is 0 Å². The Balaban J connectivity index is 2.18. The highest BCUT2D eigenvalue weighted by Crippen LogP contribution is 2.34. The molecular formula is C20H23N3O9S. The van der Waals surface area contributed by atoms with Crippen LogP contribution in [0.3, 0.4) is 0 Å². The number of hydrogen-bond donors (Lipinski definition) is 1. The van der Waals surface area contributed by atoms with Gasteiger partial charge in [0.25, 0.3) is 11.6 Å². The minimum atomic E-state index is -3.74. The van der Waals surface area contributed by atoms with E-state index in [2.05, 4.69) is 5.32 Å². The van der Waals surface area contributed by atoms with Crippen LogP contribution >= 0.6 is 0 Å². The maximum Gasteiger partial charge on any atom is 0.345 e. The number of hydrogen-bond acceptors (Lipinski definition) is 9. The number of nitro groups is 1. The van der Waals surface area contributed by atoms with E-state index in [4.69, 9.17) is 14.2 Å². The van der Waals surface area contributed by atoms with E-state index in [1.54, 1.807) is 6.92 Å². The number of ether oxygens (including phenoxy) is 3. The molecule has 0 aromatic heterocycles. The molecule has 0 saturated carbocycles. The van der Waals surface area contributed by atoms with Crippen LogP contribution in [0, 0.1) is 17.0 Å². The molecule has 0 saturated heterocycles. The number of esters is 1. The molecule has 0 atom stereocenters. The Morgan fingerprint density at radius 1 is 1.09 bits per heavy atom. The number of nitro benzene ring substituents is 1. The van der Waals surface area contributed by atoms with Gasteiger partial charge in [-0.2, -0.15) is 0 Å². The first kappa shape index (κ1) is 25.5. The molecule has 0 fully saturated rings. The van der Waals surface area contributed by atoms with Crippen LogP contribution in [0.2, 0.25) is 0 Å². The number of anilines is 1. The van der Waals surface area contributed by atoms with Crippen molar-refractivity contribution >= 4 is 33.3 Å². The molecule has 0 heterocycles. The molecule has 0 aliphatic rings. The van der Waals surface area contributed by atoms with Crippen LogP contribution in [0.4, 0.5) is 11.4 Å². The number of carbonyl (C=O) groups is 2. The Kier molecular flexibility index (Phi) is 7.95. The van der Waals surface area contributed by atoms with Crippen LogP contribution in [0.5, 0.6) is 11.5 Å². The number of sulfonamides is 1. The summed E-state index contributed by atoms with van der Waals surface area (Å²) in [4.78, 5) is 35.2. The average Bonchev–Trinajstić information content (AvgIpc) is 2.77. The van der Waals surface area contributed by atoms with Crippen LogP contribution in [-0.2, 0) is 19.6 Å². The summed E-state index contributed by atoms with van der Waals surface area (Å²) < 4.78 is 40.8. The largest absolute Gasteiger partial charge is 0.493 e. The van der Waals surface area contributed by atoms with Gasteiger partial charge in [-0.3, -0.25) is 14.9 Å². The van der Waals surface area contributed by atoms with Crippen LogP contribution in [0.1, 0.15) is 15.9 Å². The number of benzene rings is 2. The number of carbonyl (C=O) groups excluding carboxylic acids is 2. The zero-order valence-corrected chi connectivity index (χ0v) is 19.4. The minimum absolute atomic E-state index is 0.00301. The first-order valence-electron chi connectivity index (χ1n) is 9.33. The molecule has 2 aromatic rings. The van der Waals surface area contributed by atoms with Gasteiger partial charge in [0.1, 0.15) is 5.56 Å². The Bertz CT molecular complexity index is 1190. The van der Waals surface area contributed by atoms with Gasteiger partial charge in [0.2, 0.25) is 10.0 Å². The standard InChI is InChI=1S/C20H23N3O9S/c1-12-6-7-13(8-18(12)33(28,29)22(2)3)21-19(24)11-32-20(25)14-9-16(30-4)17(31-5)10-15(14)23(26)27/h6-10H,11H2,1-5H3,(H,21,24). The zero-order chi connectivity index (χ0) is 24.9. The molecule has 1 amide bonds. The average molecular weight is 481 g/mol. The predicted octanol–water partition coefficient (Wildman–Crippen LogP) is 1.97. The Morgan fingerprint density at radius 2 is 1.70 bits per heavy atom. The highest BCUT2D eigenvalue weighted by Gasteiger charge is 2.26. The van der Waals surface area contributed by atoms with E-state index >= 15 is 0 Å². The molecule has 1 N–H and O–H groups in total. The van der Waals surface area contributed by atoms with Gasteiger partial charge in [0.05, 0.1) is 30.1 Å². The number of amides is 1. The third-order valence-corrected chi connectivity index (χ3v) is 6.44. The lowest BCUT2D eigenvalue weighted by Gasteiger charge is -2.15. The third kappa shape index (κ3) is 5.75. The molecule has 0 aliphatic heterocycles. The van der Waals surface area contributed by atoms with Crippen molar-refractivity contribution in [2.75, 3.05) is 40.2 Å². The number of methoxy groups -OCH3 is 2. The molecule has 0 unspecified atom stereocenters. The third-order valence-electron chi connectivity index (χ3n) is 4.48. The summed E-state index contributed by atoms with van der Waals surface area (Å²) in [5, 5.41) is 13.8. The lowest BCUT2D eigenvalue weighted by Crippen LogP contribution is -2.24. The highest BCUT2D eigenvalue weighted by atomic mass is 32.2. The SMILES string of the molecule is COc1cc(C(=O)OCC(=O)Nc2ccc(C)c(S(=O)(=O)N(C)C)c2)c([N+](=O)[O-])cc1OC. The summed E-state index contributed by atoms with van der Waals surface area (Å²) in [5.74, 6) is -1.80.